The SMILES string of the molecule is CCOC(=O)CCCCC(C(=O)OCC)P(=O)(O)O. The minimum Gasteiger partial charge on any atom is -0.466 e. The first kappa shape index (κ1) is 18.1. The van der Waals surface area contributed by atoms with Crippen molar-refractivity contribution in [1.29, 1.82) is 0 Å². The molecule has 0 aromatic heterocycles. The zero-order valence-corrected chi connectivity index (χ0v) is 12.1. The molecular formula is C11H21O7P. The third-order valence-corrected chi connectivity index (χ3v) is 3.66. The van der Waals surface area contributed by atoms with Crippen LogP contribution in [0.1, 0.15) is 39.5 Å². The average molecular weight is 296 g/mol. The molecule has 7 nitrogen and oxygen atoms in total. The molecule has 0 aromatic carbocycles. The Balaban J connectivity index is 4.18. The van der Waals surface area contributed by atoms with Crippen molar-refractivity contribution in [3.8, 4) is 0 Å². The topological polar surface area (TPSA) is 110 Å². The van der Waals surface area contributed by atoms with Crippen molar-refractivity contribution < 1.29 is 33.4 Å². The molecule has 0 aliphatic rings. The molecule has 0 bridgehead atoms. The molecule has 0 amide bonds. The molecule has 0 heterocycles. The van der Waals surface area contributed by atoms with Crippen LogP contribution >= 0.6 is 7.60 Å². The van der Waals surface area contributed by atoms with Gasteiger partial charge in [0.25, 0.3) is 0 Å². The lowest BCUT2D eigenvalue weighted by atomic mass is 10.1. The fourth-order valence-electron chi connectivity index (χ4n) is 1.50. The van der Waals surface area contributed by atoms with Gasteiger partial charge in [-0.15, -0.1) is 0 Å². The van der Waals surface area contributed by atoms with Crippen LogP contribution in [-0.4, -0.2) is 40.6 Å². The fourth-order valence-corrected chi connectivity index (χ4v) is 2.37. The summed E-state index contributed by atoms with van der Waals surface area (Å²) in [6.45, 7) is 3.63. The van der Waals surface area contributed by atoms with E-state index >= 15 is 0 Å². The Labute approximate surface area is 112 Å². The van der Waals surface area contributed by atoms with Crippen molar-refractivity contribution >= 4 is 19.5 Å². The van der Waals surface area contributed by atoms with Crippen LogP contribution in [0.15, 0.2) is 0 Å². The molecule has 0 radical (unpaired) electrons. The number of unbranched alkanes of at least 4 members (excludes halogenated alkanes) is 1. The summed E-state index contributed by atoms with van der Waals surface area (Å²) >= 11 is 0. The molecule has 0 spiro atoms. The van der Waals surface area contributed by atoms with Gasteiger partial charge in [0, 0.05) is 6.42 Å². The molecule has 19 heavy (non-hydrogen) atoms. The van der Waals surface area contributed by atoms with Crippen LogP contribution in [0.2, 0.25) is 0 Å². The van der Waals surface area contributed by atoms with Crippen molar-refractivity contribution in [2.75, 3.05) is 13.2 Å². The molecule has 0 saturated carbocycles. The first-order valence-corrected chi connectivity index (χ1v) is 7.88. The molecule has 1 atom stereocenters. The van der Waals surface area contributed by atoms with E-state index in [2.05, 4.69) is 4.74 Å². The summed E-state index contributed by atoms with van der Waals surface area (Å²) in [5.41, 5.74) is -1.45. The van der Waals surface area contributed by atoms with Gasteiger partial charge >= 0.3 is 19.5 Å². The van der Waals surface area contributed by atoms with Crippen molar-refractivity contribution in [3.63, 3.8) is 0 Å². The second kappa shape index (κ2) is 9.07. The van der Waals surface area contributed by atoms with E-state index in [-0.39, 0.29) is 25.4 Å². The molecule has 1 unspecified atom stereocenters. The van der Waals surface area contributed by atoms with Crippen LogP contribution in [0, 0.1) is 0 Å². The summed E-state index contributed by atoms with van der Waals surface area (Å²) in [5.74, 6) is -1.25. The van der Waals surface area contributed by atoms with E-state index in [1.807, 2.05) is 0 Å². The predicted octanol–water partition coefficient (Wildman–Crippen LogP) is 1.22. The largest absolute Gasteiger partial charge is 0.466 e. The minimum atomic E-state index is -4.53. The maximum absolute atomic E-state index is 11.4. The van der Waals surface area contributed by atoms with Crippen molar-refractivity contribution in [1.82, 2.24) is 0 Å². The van der Waals surface area contributed by atoms with Crippen LogP contribution in [0.3, 0.4) is 0 Å². The third-order valence-electron chi connectivity index (χ3n) is 2.38. The monoisotopic (exact) mass is 296 g/mol. The van der Waals surface area contributed by atoms with E-state index in [0.29, 0.717) is 19.4 Å². The number of hydrogen-bond acceptors (Lipinski definition) is 5. The van der Waals surface area contributed by atoms with Crippen LogP contribution in [0.25, 0.3) is 0 Å². The van der Waals surface area contributed by atoms with Crippen molar-refractivity contribution in [2.45, 2.75) is 45.2 Å². The maximum atomic E-state index is 11.4. The maximum Gasteiger partial charge on any atom is 0.339 e. The van der Waals surface area contributed by atoms with Crippen molar-refractivity contribution in [2.24, 2.45) is 0 Å². The van der Waals surface area contributed by atoms with E-state index in [4.69, 9.17) is 14.5 Å². The number of ether oxygens (including phenoxy) is 2. The minimum absolute atomic E-state index is 0.0114. The lowest BCUT2D eigenvalue weighted by Gasteiger charge is -2.16. The highest BCUT2D eigenvalue weighted by Crippen LogP contribution is 2.44. The number of carbonyl (C=O) groups is 2. The highest BCUT2D eigenvalue weighted by atomic mass is 31.2. The van der Waals surface area contributed by atoms with Gasteiger partial charge in [0.1, 0.15) is 0 Å². The molecule has 0 aliphatic carbocycles. The quantitative estimate of drug-likeness (QED) is 0.374. The molecule has 2 N–H and O–H groups in total. The Hall–Kier alpha value is -0.910. The molecule has 0 fully saturated rings. The summed E-state index contributed by atoms with van der Waals surface area (Å²) in [7, 11) is -4.53. The molecule has 0 aromatic rings. The second-order valence-electron chi connectivity index (χ2n) is 3.91. The molecular weight excluding hydrogens is 275 g/mol. The summed E-state index contributed by atoms with van der Waals surface area (Å²) in [6.07, 6.45) is 0.912. The lowest BCUT2D eigenvalue weighted by Crippen LogP contribution is -2.23. The van der Waals surface area contributed by atoms with E-state index < -0.39 is 19.2 Å². The van der Waals surface area contributed by atoms with Gasteiger partial charge in [-0.25, -0.2) is 0 Å². The van der Waals surface area contributed by atoms with E-state index in [1.54, 1.807) is 13.8 Å². The van der Waals surface area contributed by atoms with Crippen LogP contribution < -0.4 is 0 Å². The third kappa shape index (κ3) is 7.97. The van der Waals surface area contributed by atoms with Gasteiger partial charge in [-0.2, -0.15) is 0 Å². The number of carbonyl (C=O) groups excluding carboxylic acids is 2. The Morgan fingerprint density at radius 3 is 2.16 bits per heavy atom. The predicted molar refractivity (Wildman–Crippen MR) is 67.6 cm³/mol. The molecule has 8 heteroatoms. The van der Waals surface area contributed by atoms with Gasteiger partial charge in [0.2, 0.25) is 0 Å². The van der Waals surface area contributed by atoms with E-state index in [0.717, 1.165) is 0 Å². The fraction of sp³-hybridized carbons (Fsp3) is 0.818. The Morgan fingerprint density at radius 1 is 1.11 bits per heavy atom. The lowest BCUT2D eigenvalue weighted by molar-refractivity contribution is -0.143. The Kier molecular flexibility index (Phi) is 8.63. The smallest absolute Gasteiger partial charge is 0.339 e. The summed E-state index contributed by atoms with van der Waals surface area (Å²) in [4.78, 5) is 40.6. The van der Waals surface area contributed by atoms with Crippen LogP contribution in [-0.2, 0) is 23.6 Å². The standard InChI is InChI=1S/C11H21O7P/c1-3-17-10(12)8-6-5-7-9(19(14,15)16)11(13)18-4-2/h9H,3-8H2,1-2H3,(H2,14,15,16). The Bertz CT molecular complexity index is 336. The normalized spacial score (nSPS) is 12.8. The van der Waals surface area contributed by atoms with E-state index in [1.165, 1.54) is 0 Å². The van der Waals surface area contributed by atoms with Crippen molar-refractivity contribution in [3.05, 3.63) is 0 Å². The van der Waals surface area contributed by atoms with Gasteiger partial charge in [-0.3, -0.25) is 14.2 Å². The van der Waals surface area contributed by atoms with Gasteiger partial charge < -0.3 is 19.3 Å². The molecule has 0 rings (SSSR count). The first-order valence-electron chi connectivity index (χ1n) is 6.20. The summed E-state index contributed by atoms with van der Waals surface area (Å²) in [6, 6.07) is 0. The van der Waals surface area contributed by atoms with E-state index in [9.17, 15) is 14.2 Å². The highest BCUT2D eigenvalue weighted by Gasteiger charge is 2.36. The number of esters is 2. The van der Waals surface area contributed by atoms with Crippen LogP contribution in [0.5, 0.6) is 0 Å². The summed E-state index contributed by atoms with van der Waals surface area (Å²) < 4.78 is 20.5. The first-order chi connectivity index (χ1) is 8.82. The molecule has 0 saturated heterocycles. The number of hydrogen-bond donors (Lipinski definition) is 2. The Morgan fingerprint density at radius 2 is 1.68 bits per heavy atom. The van der Waals surface area contributed by atoms with Gasteiger partial charge in [-0.05, 0) is 26.7 Å². The second-order valence-corrected chi connectivity index (χ2v) is 5.71. The number of rotatable bonds is 9. The van der Waals surface area contributed by atoms with Gasteiger partial charge in [-0.1, -0.05) is 6.42 Å². The molecule has 112 valence electrons. The molecule has 0 aliphatic heterocycles. The van der Waals surface area contributed by atoms with Gasteiger partial charge in [0.15, 0.2) is 5.66 Å². The van der Waals surface area contributed by atoms with Gasteiger partial charge in [0.05, 0.1) is 13.2 Å². The zero-order chi connectivity index (χ0) is 14.9. The highest BCUT2D eigenvalue weighted by molar-refractivity contribution is 7.53. The average Bonchev–Trinajstić information content (AvgIpc) is 2.27. The zero-order valence-electron chi connectivity index (χ0n) is 11.2. The summed E-state index contributed by atoms with van der Waals surface area (Å²) in [5, 5.41) is 0. The van der Waals surface area contributed by atoms with Crippen LogP contribution in [0.4, 0.5) is 0 Å².